The van der Waals surface area contributed by atoms with E-state index in [0.29, 0.717) is 30.1 Å². The van der Waals surface area contributed by atoms with Crippen LogP contribution in [0.15, 0.2) is 41.2 Å². The van der Waals surface area contributed by atoms with Gasteiger partial charge < -0.3 is 15.0 Å². The fourth-order valence-corrected chi connectivity index (χ4v) is 6.60. The maximum absolute atomic E-state index is 13.9. The molecule has 3 aromatic rings. The van der Waals surface area contributed by atoms with Crippen LogP contribution in [0.25, 0.3) is 11.0 Å². The first kappa shape index (κ1) is 34.8. The van der Waals surface area contributed by atoms with Crippen LogP contribution in [0.5, 0.6) is 0 Å². The molecule has 2 aliphatic rings. The highest BCUT2D eigenvalue weighted by molar-refractivity contribution is 6.00. The van der Waals surface area contributed by atoms with Gasteiger partial charge in [0.15, 0.2) is 11.6 Å². The number of nitrogens with zero attached hydrogens (tertiary/aromatic N) is 3. The number of aryl methyl sites for hydroxylation is 2. The molecule has 2 aliphatic heterocycles. The summed E-state index contributed by atoms with van der Waals surface area (Å²) >= 11 is 0. The third-order valence-electron chi connectivity index (χ3n) is 9.09. The van der Waals surface area contributed by atoms with E-state index in [1.807, 2.05) is 18.2 Å². The van der Waals surface area contributed by atoms with Crippen LogP contribution in [0.1, 0.15) is 76.5 Å². The van der Waals surface area contributed by atoms with Crippen LogP contribution in [0.3, 0.4) is 0 Å². The smallest absolute Gasteiger partial charge is 0.408 e. The van der Waals surface area contributed by atoms with Crippen molar-refractivity contribution in [2.24, 2.45) is 13.0 Å². The summed E-state index contributed by atoms with van der Waals surface area (Å²) in [7, 11) is 1.68. The summed E-state index contributed by atoms with van der Waals surface area (Å²) in [5.74, 6) is -2.70. The summed E-state index contributed by atoms with van der Waals surface area (Å²) < 4.78 is 35.8. The third kappa shape index (κ3) is 8.11. The summed E-state index contributed by atoms with van der Waals surface area (Å²) in [5.41, 5.74) is 1.75. The molecule has 4 amide bonds. The maximum atomic E-state index is 13.9. The second-order valence-electron chi connectivity index (χ2n) is 13.8. The number of imidazole rings is 1. The molecule has 0 radical (unpaired) electrons. The van der Waals surface area contributed by atoms with Crippen LogP contribution in [-0.4, -0.2) is 62.6 Å². The Morgan fingerprint density at radius 2 is 1.69 bits per heavy atom. The number of rotatable bonds is 9. The fourth-order valence-electron chi connectivity index (χ4n) is 6.60. The monoisotopic (exact) mass is 667 g/mol. The lowest BCUT2D eigenvalue weighted by Crippen LogP contribution is -2.52. The van der Waals surface area contributed by atoms with Crippen molar-refractivity contribution >= 4 is 34.8 Å². The van der Waals surface area contributed by atoms with E-state index < -0.39 is 41.3 Å². The number of alkyl carbamates (subject to hydrolysis) is 1. The van der Waals surface area contributed by atoms with E-state index in [9.17, 15) is 32.8 Å². The Labute approximate surface area is 277 Å². The number of fused-ring (bicyclic) bond motifs is 1. The van der Waals surface area contributed by atoms with Gasteiger partial charge in [0.05, 0.1) is 11.0 Å². The number of carbonyl (C=O) groups is 4. The first-order valence-corrected chi connectivity index (χ1v) is 16.5. The molecule has 2 fully saturated rings. The number of piperidine rings is 2. The summed E-state index contributed by atoms with van der Waals surface area (Å²) in [6, 6.07) is 7.51. The zero-order chi connectivity index (χ0) is 34.7. The van der Waals surface area contributed by atoms with E-state index in [1.54, 1.807) is 32.7 Å². The van der Waals surface area contributed by atoms with Crippen molar-refractivity contribution in [3.05, 3.63) is 69.6 Å². The van der Waals surface area contributed by atoms with Gasteiger partial charge in [-0.25, -0.2) is 18.4 Å². The van der Waals surface area contributed by atoms with Gasteiger partial charge in [-0.2, -0.15) is 0 Å². The van der Waals surface area contributed by atoms with Gasteiger partial charge in [0, 0.05) is 33.0 Å². The third-order valence-corrected chi connectivity index (χ3v) is 9.09. The second kappa shape index (κ2) is 14.3. The minimum atomic E-state index is -1.02. The summed E-state index contributed by atoms with van der Waals surface area (Å²) in [5, 5.41) is 4.96. The first-order chi connectivity index (χ1) is 22.7. The quantitative estimate of drug-likeness (QED) is 0.328. The average molecular weight is 668 g/mol. The van der Waals surface area contributed by atoms with Crippen molar-refractivity contribution in [1.82, 2.24) is 24.7 Å². The molecule has 0 aliphatic carbocycles. The van der Waals surface area contributed by atoms with E-state index in [4.69, 9.17) is 4.74 Å². The number of hydrogen-bond donors (Lipinski definition) is 2. The van der Waals surface area contributed by atoms with Gasteiger partial charge in [-0.15, -0.1) is 0 Å². The first-order valence-electron chi connectivity index (χ1n) is 16.5. The molecule has 0 saturated carbocycles. The van der Waals surface area contributed by atoms with E-state index in [2.05, 4.69) is 10.6 Å². The molecule has 2 saturated heterocycles. The summed E-state index contributed by atoms with van der Waals surface area (Å²) in [4.78, 5) is 65.0. The molecule has 2 atom stereocenters. The van der Waals surface area contributed by atoms with E-state index in [1.165, 1.54) is 15.2 Å². The molecule has 48 heavy (non-hydrogen) atoms. The highest BCUT2D eigenvalue weighted by Gasteiger charge is 2.32. The van der Waals surface area contributed by atoms with Crippen molar-refractivity contribution in [2.75, 3.05) is 13.1 Å². The standard InChI is InChI=1S/C35H43F2N5O6/c1-35(2,3)48-33(46)38-26(19-23-8-10-24(36)25(37)18-23)32(45)41-16-14-21(15-17-41)6-5-7-22-9-11-27-29(20-22)40(4)34(47)42(27)28-12-13-30(43)39-31(28)44/h8-11,18,20-21,26,28H,5-7,12-17,19H2,1-4H3,(H,38,46)(H,39,43,44). The topological polar surface area (TPSA) is 132 Å². The molecular weight excluding hydrogens is 624 g/mol. The Hall–Kier alpha value is -4.55. The number of carbonyl (C=O) groups excluding carboxylic acids is 4. The number of hydrogen-bond acceptors (Lipinski definition) is 6. The Bertz CT molecular complexity index is 1770. The number of halogens is 2. The number of aromatic nitrogens is 2. The highest BCUT2D eigenvalue weighted by atomic mass is 19.2. The summed E-state index contributed by atoms with van der Waals surface area (Å²) in [6.07, 6.45) is 3.93. The number of ether oxygens (including phenoxy) is 1. The molecule has 2 aromatic carbocycles. The van der Waals surface area contributed by atoms with Crippen LogP contribution in [-0.2, 0) is 39.0 Å². The van der Waals surface area contributed by atoms with Gasteiger partial charge in [0.2, 0.25) is 17.7 Å². The molecule has 2 N–H and O–H groups in total. The Morgan fingerprint density at radius 1 is 0.979 bits per heavy atom. The van der Waals surface area contributed by atoms with Gasteiger partial charge in [-0.05, 0) is 101 Å². The van der Waals surface area contributed by atoms with Gasteiger partial charge >= 0.3 is 11.8 Å². The summed E-state index contributed by atoms with van der Waals surface area (Å²) in [6.45, 7) is 6.16. The predicted octanol–water partition coefficient (Wildman–Crippen LogP) is 4.29. The normalized spacial score (nSPS) is 18.1. The van der Waals surface area contributed by atoms with Crippen molar-refractivity contribution in [1.29, 1.82) is 0 Å². The van der Waals surface area contributed by atoms with Crippen molar-refractivity contribution < 1.29 is 32.7 Å². The van der Waals surface area contributed by atoms with Crippen molar-refractivity contribution in [3.8, 4) is 0 Å². The van der Waals surface area contributed by atoms with E-state index >= 15 is 0 Å². The predicted molar refractivity (Wildman–Crippen MR) is 174 cm³/mol. The number of imide groups is 1. The molecule has 0 bridgehead atoms. The second-order valence-corrected chi connectivity index (χ2v) is 13.8. The van der Waals surface area contributed by atoms with Crippen LogP contribution in [0.4, 0.5) is 13.6 Å². The van der Waals surface area contributed by atoms with E-state index in [0.717, 1.165) is 55.3 Å². The minimum absolute atomic E-state index is 0.0118. The lowest BCUT2D eigenvalue weighted by atomic mass is 9.90. The average Bonchev–Trinajstić information content (AvgIpc) is 3.26. The Kier molecular flexibility index (Phi) is 10.4. The van der Waals surface area contributed by atoms with Crippen LogP contribution in [0.2, 0.25) is 0 Å². The lowest BCUT2D eigenvalue weighted by Gasteiger charge is -2.34. The minimum Gasteiger partial charge on any atom is -0.444 e. The molecule has 1 aromatic heterocycles. The SMILES string of the molecule is Cn1c(=O)n(C2CCC(=O)NC2=O)c2ccc(CCCC3CCN(C(=O)C(Cc4ccc(F)c(F)c4)NC(=O)OC(C)(C)C)CC3)cc21. The zero-order valence-electron chi connectivity index (χ0n) is 27.8. The molecule has 258 valence electrons. The molecule has 3 heterocycles. The Morgan fingerprint density at radius 3 is 2.35 bits per heavy atom. The van der Waals surface area contributed by atoms with Crippen LogP contribution < -0.4 is 16.3 Å². The zero-order valence-corrected chi connectivity index (χ0v) is 27.8. The van der Waals surface area contributed by atoms with Gasteiger partial charge in [-0.3, -0.25) is 28.8 Å². The van der Waals surface area contributed by atoms with Crippen LogP contribution in [0, 0.1) is 17.6 Å². The number of nitrogens with one attached hydrogen (secondary N) is 2. The number of benzene rings is 2. The van der Waals surface area contributed by atoms with Crippen LogP contribution >= 0.6 is 0 Å². The van der Waals surface area contributed by atoms with E-state index in [-0.39, 0.29) is 36.8 Å². The molecule has 0 spiro atoms. The van der Waals surface area contributed by atoms with Gasteiger partial charge in [0.1, 0.15) is 17.7 Å². The fraction of sp³-hybridized carbons (Fsp3) is 0.514. The molecule has 13 heteroatoms. The molecule has 11 nitrogen and oxygen atoms in total. The highest BCUT2D eigenvalue weighted by Crippen LogP contribution is 2.27. The molecular formula is C35H43F2N5O6. The Balaban J connectivity index is 1.16. The van der Waals surface area contributed by atoms with Crippen molar-refractivity contribution in [3.63, 3.8) is 0 Å². The number of amides is 4. The number of likely N-dealkylation sites (tertiary alicyclic amines) is 1. The maximum Gasteiger partial charge on any atom is 0.408 e. The van der Waals surface area contributed by atoms with Gasteiger partial charge in [0.25, 0.3) is 0 Å². The molecule has 5 rings (SSSR count). The lowest BCUT2D eigenvalue weighted by molar-refractivity contribution is -0.136. The van der Waals surface area contributed by atoms with Gasteiger partial charge in [-0.1, -0.05) is 12.1 Å². The molecule has 2 unspecified atom stereocenters. The largest absolute Gasteiger partial charge is 0.444 e. The van der Waals surface area contributed by atoms with Crippen molar-refractivity contribution in [2.45, 2.75) is 89.8 Å².